The van der Waals surface area contributed by atoms with Crippen LogP contribution in [0.4, 0.5) is 5.69 Å². The van der Waals surface area contributed by atoms with E-state index in [2.05, 4.69) is 16.6 Å². The van der Waals surface area contributed by atoms with Gasteiger partial charge in [-0.15, -0.1) is 0 Å². The van der Waals surface area contributed by atoms with Gasteiger partial charge in [-0.3, -0.25) is 4.79 Å². The van der Waals surface area contributed by atoms with Crippen LogP contribution in [0.2, 0.25) is 0 Å². The van der Waals surface area contributed by atoms with Crippen molar-refractivity contribution in [3.05, 3.63) is 28.5 Å². The summed E-state index contributed by atoms with van der Waals surface area (Å²) in [7, 11) is 0. The Hall–Kier alpha value is -1.83. The Kier molecular flexibility index (Phi) is 2.19. The van der Waals surface area contributed by atoms with Gasteiger partial charge in [0.15, 0.2) is 0 Å². The lowest BCUT2D eigenvalue weighted by Gasteiger charge is -2.16. The maximum atomic E-state index is 11.3. The van der Waals surface area contributed by atoms with E-state index in [1.165, 1.54) is 6.20 Å². The van der Waals surface area contributed by atoms with Crippen molar-refractivity contribution in [2.45, 2.75) is 6.42 Å². The number of rotatable bonds is 1. The molecule has 0 aliphatic carbocycles. The summed E-state index contributed by atoms with van der Waals surface area (Å²) in [4.78, 5) is 13.2. The van der Waals surface area contributed by atoms with Crippen LogP contribution in [-0.2, 0) is 0 Å². The van der Waals surface area contributed by atoms with Gasteiger partial charge in [0.25, 0.3) is 5.56 Å². The average Bonchev–Trinajstić information content (AvgIpc) is 2.70. The van der Waals surface area contributed by atoms with Crippen molar-refractivity contribution in [2.75, 3.05) is 18.0 Å². The molecule has 14 heavy (non-hydrogen) atoms. The van der Waals surface area contributed by atoms with Crippen LogP contribution >= 0.6 is 0 Å². The van der Waals surface area contributed by atoms with Crippen molar-refractivity contribution in [3.8, 4) is 6.07 Å². The van der Waals surface area contributed by atoms with Crippen molar-refractivity contribution in [3.63, 3.8) is 0 Å². The average molecular weight is 189 g/mol. The Bertz CT molecular complexity index is 425. The first-order valence-corrected chi connectivity index (χ1v) is 4.37. The van der Waals surface area contributed by atoms with Crippen molar-refractivity contribution in [2.24, 2.45) is 0 Å². The normalized spacial score (nSPS) is 15.5. The van der Waals surface area contributed by atoms with Crippen LogP contribution in [0.15, 0.2) is 11.0 Å². The maximum Gasteiger partial charge on any atom is 0.284 e. The Morgan fingerprint density at radius 1 is 1.64 bits per heavy atom. The number of anilines is 1. The van der Waals surface area contributed by atoms with Crippen molar-refractivity contribution in [1.82, 2.24) is 10.2 Å². The number of aromatic amines is 1. The summed E-state index contributed by atoms with van der Waals surface area (Å²) in [5, 5.41) is 14.8. The van der Waals surface area contributed by atoms with Crippen LogP contribution < -0.4 is 10.5 Å². The number of hydrogen-bond donors (Lipinski definition) is 1. The molecule has 1 aliphatic heterocycles. The number of nitrogens with one attached hydrogen (secondary N) is 1. The third kappa shape index (κ3) is 1.35. The molecule has 1 aromatic rings. The molecule has 5 heteroatoms. The van der Waals surface area contributed by atoms with Gasteiger partial charge in [0.1, 0.15) is 11.6 Å². The van der Waals surface area contributed by atoms with Gasteiger partial charge in [0.05, 0.1) is 11.9 Å². The van der Waals surface area contributed by atoms with Crippen LogP contribution in [0, 0.1) is 17.8 Å². The number of nitrogens with zero attached hydrogens (tertiary/aromatic N) is 3. The monoisotopic (exact) mass is 189 g/mol. The molecule has 1 radical (unpaired) electrons. The molecule has 0 unspecified atom stereocenters. The fourth-order valence-electron chi connectivity index (χ4n) is 1.54. The van der Waals surface area contributed by atoms with Crippen LogP contribution in [0.25, 0.3) is 0 Å². The molecule has 71 valence electrons. The highest BCUT2D eigenvalue weighted by atomic mass is 16.1. The molecule has 1 N–H and O–H groups in total. The zero-order valence-corrected chi connectivity index (χ0v) is 7.53. The molecular weight excluding hydrogens is 180 g/mol. The highest BCUT2D eigenvalue weighted by Gasteiger charge is 2.17. The number of nitriles is 1. The molecule has 0 saturated carbocycles. The zero-order chi connectivity index (χ0) is 9.97. The summed E-state index contributed by atoms with van der Waals surface area (Å²) < 4.78 is 0. The molecule has 1 saturated heterocycles. The second-order valence-electron chi connectivity index (χ2n) is 3.09. The predicted octanol–water partition coefficient (Wildman–Crippen LogP) is 0.0560. The standard InChI is InChI=1S/C9H9N4O/c10-5-7-8(6-11-12-9(7)14)13-3-1-2-4-13/h1,6H,2-4H2,(H,12,14). The summed E-state index contributed by atoms with van der Waals surface area (Å²) >= 11 is 0. The van der Waals surface area contributed by atoms with Gasteiger partial charge in [-0.2, -0.15) is 10.4 Å². The Morgan fingerprint density at radius 3 is 3.14 bits per heavy atom. The summed E-state index contributed by atoms with van der Waals surface area (Å²) in [6, 6.07) is 1.90. The first-order valence-electron chi connectivity index (χ1n) is 4.37. The molecular formula is C9H9N4O. The molecule has 1 aliphatic rings. The summed E-state index contributed by atoms with van der Waals surface area (Å²) in [5.74, 6) is 0. The maximum absolute atomic E-state index is 11.3. The highest BCUT2D eigenvalue weighted by Crippen LogP contribution is 2.19. The lowest BCUT2D eigenvalue weighted by atomic mass is 10.2. The molecule has 2 heterocycles. The van der Waals surface area contributed by atoms with Crippen LogP contribution in [-0.4, -0.2) is 23.3 Å². The third-order valence-corrected chi connectivity index (χ3v) is 2.24. The molecule has 2 rings (SSSR count). The van der Waals surface area contributed by atoms with Gasteiger partial charge in [0.2, 0.25) is 0 Å². The molecule has 0 aromatic carbocycles. The summed E-state index contributed by atoms with van der Waals surface area (Å²) in [6.45, 7) is 1.62. The van der Waals surface area contributed by atoms with E-state index in [4.69, 9.17) is 5.26 Å². The van der Waals surface area contributed by atoms with E-state index in [0.717, 1.165) is 19.5 Å². The number of H-pyrrole nitrogens is 1. The molecule has 0 amide bonds. The molecule has 5 nitrogen and oxygen atoms in total. The summed E-state index contributed by atoms with van der Waals surface area (Å²) in [6.07, 6.45) is 4.62. The first-order chi connectivity index (χ1) is 6.83. The van der Waals surface area contributed by atoms with E-state index in [0.29, 0.717) is 5.69 Å². The minimum Gasteiger partial charge on any atom is -0.369 e. The second kappa shape index (κ2) is 3.50. The summed E-state index contributed by atoms with van der Waals surface area (Å²) in [5.41, 5.74) is 0.359. The molecule has 0 spiro atoms. The van der Waals surface area contributed by atoms with E-state index in [-0.39, 0.29) is 5.56 Å². The lowest BCUT2D eigenvalue weighted by molar-refractivity contribution is 0.916. The fourth-order valence-corrected chi connectivity index (χ4v) is 1.54. The number of hydrogen-bond acceptors (Lipinski definition) is 4. The molecule has 1 aromatic heterocycles. The van der Waals surface area contributed by atoms with Crippen LogP contribution in [0.5, 0.6) is 0 Å². The van der Waals surface area contributed by atoms with Crippen molar-refractivity contribution < 1.29 is 0 Å². The Balaban J connectivity index is 2.47. The van der Waals surface area contributed by atoms with E-state index >= 15 is 0 Å². The molecule has 1 fully saturated rings. The lowest BCUT2D eigenvalue weighted by Crippen LogP contribution is -2.24. The van der Waals surface area contributed by atoms with Gasteiger partial charge in [-0.1, -0.05) is 0 Å². The van der Waals surface area contributed by atoms with E-state index < -0.39 is 5.56 Å². The second-order valence-corrected chi connectivity index (χ2v) is 3.09. The minimum atomic E-state index is -0.420. The largest absolute Gasteiger partial charge is 0.369 e. The zero-order valence-electron chi connectivity index (χ0n) is 7.53. The fraction of sp³-hybridized carbons (Fsp3) is 0.333. The minimum absolute atomic E-state index is 0.148. The predicted molar refractivity (Wildman–Crippen MR) is 50.7 cm³/mol. The van der Waals surface area contributed by atoms with Crippen LogP contribution in [0.3, 0.4) is 0 Å². The Labute approximate surface area is 81.0 Å². The van der Waals surface area contributed by atoms with E-state index in [1.54, 1.807) is 0 Å². The van der Waals surface area contributed by atoms with Crippen molar-refractivity contribution >= 4 is 5.69 Å². The molecule has 0 atom stereocenters. The van der Waals surface area contributed by atoms with Crippen molar-refractivity contribution in [1.29, 1.82) is 5.26 Å². The highest BCUT2D eigenvalue weighted by molar-refractivity contribution is 5.57. The first kappa shape index (κ1) is 8.75. The van der Waals surface area contributed by atoms with Crippen LogP contribution in [0.1, 0.15) is 12.0 Å². The van der Waals surface area contributed by atoms with Gasteiger partial charge in [0, 0.05) is 13.1 Å². The van der Waals surface area contributed by atoms with Gasteiger partial charge >= 0.3 is 0 Å². The smallest absolute Gasteiger partial charge is 0.284 e. The van der Waals surface area contributed by atoms with Gasteiger partial charge in [-0.25, -0.2) is 5.10 Å². The number of aromatic nitrogens is 2. The topological polar surface area (TPSA) is 72.8 Å². The van der Waals surface area contributed by atoms with Gasteiger partial charge < -0.3 is 4.90 Å². The molecule has 0 bridgehead atoms. The van der Waals surface area contributed by atoms with Gasteiger partial charge in [-0.05, 0) is 12.8 Å². The third-order valence-electron chi connectivity index (χ3n) is 2.24. The van der Waals surface area contributed by atoms with E-state index in [1.807, 2.05) is 11.0 Å². The Morgan fingerprint density at radius 2 is 2.50 bits per heavy atom. The quantitative estimate of drug-likeness (QED) is 0.677. The van der Waals surface area contributed by atoms with E-state index in [9.17, 15) is 4.79 Å². The SMILES string of the molecule is N#Cc1c(N2C[CH]CC2)cn[nH]c1=O.